The van der Waals surface area contributed by atoms with Gasteiger partial charge in [-0.3, -0.25) is 4.79 Å². The molecule has 0 saturated carbocycles. The fourth-order valence-corrected chi connectivity index (χ4v) is 2.44. The number of rotatable bonds is 5. The third-order valence-electron chi connectivity index (χ3n) is 3.85. The largest absolute Gasteiger partial charge is 0.324 e. The molecule has 7 heteroatoms. The van der Waals surface area contributed by atoms with E-state index >= 15 is 0 Å². The first-order chi connectivity index (χ1) is 12.5. The van der Waals surface area contributed by atoms with Gasteiger partial charge in [-0.25, -0.2) is 0 Å². The van der Waals surface area contributed by atoms with Crippen LogP contribution in [0.15, 0.2) is 48.5 Å². The van der Waals surface area contributed by atoms with Crippen LogP contribution >= 0.6 is 0 Å². The summed E-state index contributed by atoms with van der Waals surface area (Å²) in [4.78, 5) is 13.4. The molecule has 1 N–H and O–H groups in total. The maximum Gasteiger partial charge on any atom is 0.248 e. The van der Waals surface area contributed by atoms with Crippen LogP contribution in [0.25, 0.3) is 11.4 Å². The number of benzene rings is 2. The molecule has 130 valence electrons. The van der Waals surface area contributed by atoms with Gasteiger partial charge in [0.05, 0.1) is 11.6 Å². The Hall–Kier alpha value is -3.53. The van der Waals surface area contributed by atoms with Gasteiger partial charge in [0.1, 0.15) is 6.54 Å². The summed E-state index contributed by atoms with van der Waals surface area (Å²) in [6.07, 6.45) is 0. The van der Waals surface area contributed by atoms with Crippen molar-refractivity contribution in [2.24, 2.45) is 0 Å². The molecule has 3 aromatic rings. The van der Waals surface area contributed by atoms with Gasteiger partial charge >= 0.3 is 0 Å². The summed E-state index contributed by atoms with van der Waals surface area (Å²) in [6, 6.07) is 16.7. The number of hydrogen-bond donors (Lipinski definition) is 1. The van der Waals surface area contributed by atoms with Gasteiger partial charge in [0.2, 0.25) is 11.7 Å². The zero-order valence-corrected chi connectivity index (χ0v) is 14.5. The molecule has 7 nitrogen and oxygen atoms in total. The number of nitrogens with zero attached hydrogens (tertiary/aromatic N) is 5. The number of carbonyl (C=O) groups excluding carboxylic acids is 1. The number of amides is 1. The standard InChI is InChI=1S/C19H18N6O/c1-13(2)15-6-8-16(9-7-15)19-22-24-25(23-19)12-18(26)21-17-5-3-4-14(10-17)11-20/h3-10,13H,12H2,1-2H3,(H,21,26). The summed E-state index contributed by atoms with van der Waals surface area (Å²) < 4.78 is 0. The average Bonchev–Trinajstić information content (AvgIpc) is 3.10. The SMILES string of the molecule is CC(C)c1ccc(-c2nnn(CC(=O)Nc3cccc(C#N)c3)n2)cc1. The smallest absolute Gasteiger partial charge is 0.248 e. The van der Waals surface area contributed by atoms with Gasteiger partial charge in [0.25, 0.3) is 0 Å². The van der Waals surface area contributed by atoms with Gasteiger partial charge in [0, 0.05) is 11.3 Å². The topological polar surface area (TPSA) is 96.5 Å². The summed E-state index contributed by atoms with van der Waals surface area (Å²) in [7, 11) is 0. The molecule has 0 saturated heterocycles. The maximum absolute atomic E-state index is 12.1. The quantitative estimate of drug-likeness (QED) is 0.766. The van der Waals surface area contributed by atoms with E-state index in [1.807, 2.05) is 30.3 Å². The van der Waals surface area contributed by atoms with E-state index in [4.69, 9.17) is 5.26 Å². The molecular formula is C19H18N6O. The van der Waals surface area contributed by atoms with Crippen LogP contribution in [0.4, 0.5) is 5.69 Å². The van der Waals surface area contributed by atoms with Crippen LogP contribution < -0.4 is 5.32 Å². The van der Waals surface area contributed by atoms with E-state index in [0.29, 0.717) is 23.0 Å². The minimum Gasteiger partial charge on any atom is -0.324 e. The first-order valence-electron chi connectivity index (χ1n) is 8.23. The summed E-state index contributed by atoms with van der Waals surface area (Å²) >= 11 is 0. The fraction of sp³-hybridized carbons (Fsp3) is 0.211. The molecule has 3 rings (SSSR count). The lowest BCUT2D eigenvalue weighted by Gasteiger charge is -2.05. The number of hydrogen-bond acceptors (Lipinski definition) is 5. The molecule has 0 unspecified atom stereocenters. The molecule has 1 aromatic heterocycles. The van der Waals surface area contributed by atoms with Crippen LogP contribution in [-0.4, -0.2) is 26.1 Å². The Morgan fingerprint density at radius 3 is 2.69 bits per heavy atom. The first kappa shape index (κ1) is 17.3. The van der Waals surface area contributed by atoms with E-state index < -0.39 is 0 Å². The lowest BCUT2D eigenvalue weighted by molar-refractivity contribution is -0.117. The second kappa shape index (κ2) is 7.57. The molecule has 0 bridgehead atoms. The van der Waals surface area contributed by atoms with Gasteiger partial charge in [-0.1, -0.05) is 44.2 Å². The van der Waals surface area contributed by atoms with Gasteiger partial charge in [-0.05, 0) is 34.9 Å². The van der Waals surface area contributed by atoms with Gasteiger partial charge in [-0.15, -0.1) is 10.2 Å². The second-order valence-electron chi connectivity index (χ2n) is 6.16. The number of tetrazole rings is 1. The van der Waals surface area contributed by atoms with Crippen LogP contribution in [0.2, 0.25) is 0 Å². The van der Waals surface area contributed by atoms with E-state index in [9.17, 15) is 4.79 Å². The summed E-state index contributed by atoms with van der Waals surface area (Å²) in [5.74, 6) is 0.634. The predicted octanol–water partition coefficient (Wildman–Crippen LogP) is 2.97. The third kappa shape index (κ3) is 4.11. The molecule has 0 spiro atoms. The van der Waals surface area contributed by atoms with Crippen molar-refractivity contribution in [1.82, 2.24) is 20.2 Å². The molecule has 0 aliphatic rings. The van der Waals surface area contributed by atoms with E-state index in [0.717, 1.165) is 5.56 Å². The van der Waals surface area contributed by atoms with Crippen LogP contribution in [0.5, 0.6) is 0 Å². The zero-order chi connectivity index (χ0) is 18.5. The molecule has 0 aliphatic heterocycles. The zero-order valence-electron chi connectivity index (χ0n) is 14.5. The summed E-state index contributed by atoms with van der Waals surface area (Å²) in [5, 5.41) is 23.8. The van der Waals surface area contributed by atoms with Crippen LogP contribution in [0, 0.1) is 11.3 Å². The highest BCUT2D eigenvalue weighted by atomic mass is 16.2. The van der Waals surface area contributed by atoms with Gasteiger partial charge in [-0.2, -0.15) is 10.1 Å². The minimum atomic E-state index is -0.292. The molecule has 2 aromatic carbocycles. The number of nitrogens with one attached hydrogen (secondary N) is 1. The van der Waals surface area contributed by atoms with Crippen molar-refractivity contribution >= 4 is 11.6 Å². The van der Waals surface area contributed by atoms with Crippen molar-refractivity contribution in [3.63, 3.8) is 0 Å². The van der Waals surface area contributed by atoms with Crippen molar-refractivity contribution in [1.29, 1.82) is 5.26 Å². The molecule has 0 aliphatic carbocycles. The lowest BCUT2D eigenvalue weighted by atomic mass is 10.0. The average molecular weight is 346 g/mol. The van der Waals surface area contributed by atoms with Crippen molar-refractivity contribution in [3.05, 3.63) is 59.7 Å². The van der Waals surface area contributed by atoms with Crippen LogP contribution in [0.1, 0.15) is 30.9 Å². The normalized spacial score (nSPS) is 10.5. The summed E-state index contributed by atoms with van der Waals surface area (Å²) in [5.41, 5.74) is 3.12. The molecule has 26 heavy (non-hydrogen) atoms. The molecule has 1 amide bonds. The Kier molecular flexibility index (Phi) is 5.04. The van der Waals surface area contributed by atoms with Crippen molar-refractivity contribution in [2.45, 2.75) is 26.3 Å². The van der Waals surface area contributed by atoms with E-state index in [2.05, 4.69) is 34.6 Å². The van der Waals surface area contributed by atoms with E-state index in [1.54, 1.807) is 24.3 Å². The lowest BCUT2D eigenvalue weighted by Crippen LogP contribution is -2.20. The van der Waals surface area contributed by atoms with Crippen molar-refractivity contribution < 1.29 is 4.79 Å². The highest BCUT2D eigenvalue weighted by molar-refractivity contribution is 5.90. The maximum atomic E-state index is 12.1. The number of aromatic nitrogens is 4. The first-order valence-corrected chi connectivity index (χ1v) is 8.23. The van der Waals surface area contributed by atoms with Gasteiger partial charge in [0.15, 0.2) is 0 Å². The molecule has 1 heterocycles. The Balaban J connectivity index is 1.66. The Morgan fingerprint density at radius 1 is 1.23 bits per heavy atom. The Bertz CT molecular complexity index is 953. The molecule has 0 radical (unpaired) electrons. The van der Waals surface area contributed by atoms with Crippen LogP contribution in [-0.2, 0) is 11.3 Å². The number of anilines is 1. The molecular weight excluding hydrogens is 328 g/mol. The molecule has 0 atom stereocenters. The number of nitriles is 1. The summed E-state index contributed by atoms with van der Waals surface area (Å²) in [6.45, 7) is 4.21. The van der Waals surface area contributed by atoms with Crippen molar-refractivity contribution in [2.75, 3.05) is 5.32 Å². The predicted molar refractivity (Wildman–Crippen MR) is 97.1 cm³/mol. The Morgan fingerprint density at radius 2 is 2.00 bits per heavy atom. The minimum absolute atomic E-state index is 0.0616. The number of carbonyl (C=O) groups is 1. The third-order valence-corrected chi connectivity index (χ3v) is 3.85. The van der Waals surface area contributed by atoms with Crippen LogP contribution in [0.3, 0.4) is 0 Å². The highest BCUT2D eigenvalue weighted by Crippen LogP contribution is 2.19. The van der Waals surface area contributed by atoms with Crippen molar-refractivity contribution in [3.8, 4) is 17.5 Å². The van der Waals surface area contributed by atoms with Gasteiger partial charge < -0.3 is 5.32 Å². The second-order valence-corrected chi connectivity index (χ2v) is 6.16. The molecule has 0 fully saturated rings. The fourth-order valence-electron chi connectivity index (χ4n) is 2.44. The Labute approximate surface area is 151 Å². The van der Waals surface area contributed by atoms with E-state index in [1.165, 1.54) is 10.4 Å². The van der Waals surface area contributed by atoms with E-state index in [-0.39, 0.29) is 12.5 Å². The highest BCUT2D eigenvalue weighted by Gasteiger charge is 2.10. The monoisotopic (exact) mass is 346 g/mol.